The topological polar surface area (TPSA) is 377 Å². The molecule has 0 spiro atoms. The molecule has 24 nitrogen and oxygen atoms in total. The molecule has 3 rings (SSSR count). The maximum atomic E-state index is 14.2. The summed E-state index contributed by atoms with van der Waals surface area (Å²) >= 11 is 0. The Morgan fingerprint density at radius 2 is 1.03 bits per heavy atom. The maximum absolute atomic E-state index is 14.2. The maximum Gasteiger partial charge on any atom is 0.408 e. The minimum atomic E-state index is -1.28. The lowest BCUT2D eigenvalue weighted by Crippen LogP contribution is -2.59. The molecule has 24 heteroatoms. The van der Waals surface area contributed by atoms with Crippen LogP contribution in [0, 0.1) is 16.7 Å². The Bertz CT molecular complexity index is 2370. The number of nitrogens with zero attached hydrogens (tertiary/aromatic N) is 1. The molecular formula is C51H74N14O10. The number of rotatable bonds is 30. The Kier molecular flexibility index (Phi) is 25.9. The number of nitrogens with two attached hydrogens (primary N) is 2. The van der Waals surface area contributed by atoms with Crippen LogP contribution in [0.3, 0.4) is 0 Å². The van der Waals surface area contributed by atoms with Gasteiger partial charge in [0.1, 0.15) is 48.6 Å². The average Bonchev–Trinajstić information content (AvgIpc) is 3.36. The summed E-state index contributed by atoms with van der Waals surface area (Å²) in [6.45, 7) is 4.76. The van der Waals surface area contributed by atoms with Crippen LogP contribution in [0.25, 0.3) is 0 Å². The standard InChI is InChI=1S/C51H74N14O10/c1-31(2)26-39(46(71)61-37(18-12-24-56-49(52)53)44(69)62-38(48(73)65(4)5)19-13-25-57-50(54)55)63-47(72)40(27-33-14-8-6-9-15-33)60-42(67)29-58-43(68)32(3)59-45(70)41(28-34-20-22-36(66)23-21-34)64-51(74)75-30-35-16-10-7-11-17-35/h6-11,14-17,20-23,31-32,37-41,66H,12-13,18-19,24-30H2,1-5H3,(H,58,68)(H,59,70)(H,60,67)(H,61,71)(H,62,69)(H,63,72)(H,64,74)(H4,52,53,56)(H4,54,55,57)/t32-,37+,38+,39+,40+,41+/m1/s1. The number of hydrogen-bond donors (Lipinski definition) is 14. The molecule has 8 amide bonds. The number of amides is 8. The summed E-state index contributed by atoms with van der Waals surface area (Å²) in [6.07, 6.45) is -0.0317. The second-order valence-electron chi connectivity index (χ2n) is 18.4. The molecule has 408 valence electrons. The number of carbonyl (C=O) groups is 8. The number of nitrogens with one attached hydrogen (secondary N) is 11. The highest BCUT2D eigenvalue weighted by Gasteiger charge is 2.33. The number of ether oxygens (including phenoxy) is 1. The summed E-state index contributed by atoms with van der Waals surface area (Å²) in [5.74, 6) is -5.60. The zero-order chi connectivity index (χ0) is 55.5. The summed E-state index contributed by atoms with van der Waals surface area (Å²) in [4.78, 5) is 110. The lowest BCUT2D eigenvalue weighted by molar-refractivity contribution is -0.136. The fourth-order valence-electron chi connectivity index (χ4n) is 7.40. The molecule has 0 aliphatic heterocycles. The number of guanidine groups is 2. The van der Waals surface area contributed by atoms with Crippen molar-refractivity contribution in [1.82, 2.24) is 52.8 Å². The number of aromatic hydroxyl groups is 1. The van der Waals surface area contributed by atoms with Gasteiger partial charge in [0.2, 0.25) is 41.4 Å². The quantitative estimate of drug-likeness (QED) is 0.0232. The molecule has 3 aromatic rings. The van der Waals surface area contributed by atoms with E-state index in [-0.39, 0.29) is 81.8 Å². The number of phenols is 1. The number of benzene rings is 3. The van der Waals surface area contributed by atoms with Crippen LogP contribution in [0.15, 0.2) is 84.9 Å². The first-order valence-corrected chi connectivity index (χ1v) is 24.6. The predicted octanol–water partition coefficient (Wildman–Crippen LogP) is -0.307. The third kappa shape index (κ3) is 23.8. The monoisotopic (exact) mass is 1040 g/mol. The molecule has 0 bridgehead atoms. The molecule has 0 radical (unpaired) electrons. The number of phenolic OH excluding ortho intramolecular Hbond substituents is 1. The summed E-state index contributed by atoms with van der Waals surface area (Å²) in [7, 11) is 3.06. The van der Waals surface area contributed by atoms with E-state index in [4.69, 9.17) is 27.0 Å². The summed E-state index contributed by atoms with van der Waals surface area (Å²) in [6, 6.07) is 16.4. The highest BCUT2D eigenvalue weighted by molar-refractivity contribution is 5.97. The van der Waals surface area contributed by atoms with Crippen molar-refractivity contribution in [3.05, 3.63) is 102 Å². The zero-order valence-corrected chi connectivity index (χ0v) is 43.1. The third-order valence-electron chi connectivity index (χ3n) is 11.3. The fraction of sp³-hybridized carbons (Fsp3) is 0.451. The van der Waals surface area contributed by atoms with Crippen molar-refractivity contribution in [3.63, 3.8) is 0 Å². The van der Waals surface area contributed by atoms with Gasteiger partial charge in [-0.1, -0.05) is 86.6 Å². The third-order valence-corrected chi connectivity index (χ3v) is 11.3. The number of alkyl carbamates (subject to hydrolysis) is 1. The zero-order valence-electron chi connectivity index (χ0n) is 43.1. The summed E-state index contributed by atoms with van der Waals surface area (Å²) in [5.41, 5.74) is 12.8. The van der Waals surface area contributed by atoms with E-state index in [0.29, 0.717) is 23.1 Å². The van der Waals surface area contributed by atoms with Gasteiger partial charge in [-0.15, -0.1) is 0 Å². The predicted molar refractivity (Wildman–Crippen MR) is 280 cm³/mol. The second kappa shape index (κ2) is 31.9. The lowest BCUT2D eigenvalue weighted by atomic mass is 10.00. The average molecular weight is 1040 g/mol. The van der Waals surface area contributed by atoms with E-state index in [2.05, 4.69) is 47.9 Å². The van der Waals surface area contributed by atoms with Crippen LogP contribution in [0.2, 0.25) is 0 Å². The first kappa shape index (κ1) is 60.9. The van der Waals surface area contributed by atoms with Crippen molar-refractivity contribution < 1.29 is 48.2 Å². The molecule has 0 saturated heterocycles. The molecule has 0 aromatic heterocycles. The Balaban J connectivity index is 1.75. The number of carbonyl (C=O) groups excluding carboxylic acids is 8. The van der Waals surface area contributed by atoms with Gasteiger partial charge in [-0.25, -0.2) is 4.79 Å². The highest BCUT2D eigenvalue weighted by atomic mass is 16.5. The van der Waals surface area contributed by atoms with E-state index < -0.39 is 90.2 Å². The van der Waals surface area contributed by atoms with Gasteiger partial charge in [-0.05, 0) is 73.8 Å². The van der Waals surface area contributed by atoms with Gasteiger partial charge >= 0.3 is 6.09 Å². The minimum absolute atomic E-state index is 0.00536. The number of hydrogen-bond acceptors (Lipinski definition) is 12. The van der Waals surface area contributed by atoms with Crippen molar-refractivity contribution in [3.8, 4) is 5.75 Å². The van der Waals surface area contributed by atoms with Crippen molar-refractivity contribution in [2.24, 2.45) is 17.4 Å². The van der Waals surface area contributed by atoms with Crippen molar-refractivity contribution in [2.75, 3.05) is 33.7 Å². The summed E-state index contributed by atoms with van der Waals surface area (Å²) in [5, 5.41) is 48.4. The Labute approximate surface area is 437 Å². The van der Waals surface area contributed by atoms with Crippen LogP contribution >= 0.6 is 0 Å². The van der Waals surface area contributed by atoms with E-state index in [1.54, 1.807) is 66.7 Å². The van der Waals surface area contributed by atoms with Crippen molar-refractivity contribution in [1.29, 1.82) is 10.8 Å². The van der Waals surface area contributed by atoms with Crippen molar-refractivity contribution in [2.45, 2.75) is 109 Å². The van der Waals surface area contributed by atoms with Gasteiger partial charge < -0.3 is 74.1 Å². The van der Waals surface area contributed by atoms with Gasteiger partial charge in [-0.3, -0.25) is 44.4 Å². The van der Waals surface area contributed by atoms with Gasteiger partial charge in [0, 0.05) is 40.0 Å². The van der Waals surface area contributed by atoms with Crippen LogP contribution in [0.1, 0.15) is 69.6 Å². The van der Waals surface area contributed by atoms with E-state index in [0.717, 1.165) is 0 Å². The first-order valence-electron chi connectivity index (χ1n) is 24.6. The van der Waals surface area contributed by atoms with E-state index >= 15 is 0 Å². The van der Waals surface area contributed by atoms with Crippen LogP contribution in [-0.4, -0.2) is 139 Å². The van der Waals surface area contributed by atoms with Crippen LogP contribution in [0.5, 0.6) is 5.75 Å². The normalized spacial score (nSPS) is 13.1. The largest absolute Gasteiger partial charge is 0.508 e. The molecule has 0 unspecified atom stereocenters. The molecular weight excluding hydrogens is 969 g/mol. The first-order chi connectivity index (χ1) is 35.6. The molecule has 16 N–H and O–H groups in total. The van der Waals surface area contributed by atoms with Crippen molar-refractivity contribution >= 4 is 59.4 Å². The fourth-order valence-corrected chi connectivity index (χ4v) is 7.40. The molecule has 6 atom stereocenters. The smallest absolute Gasteiger partial charge is 0.408 e. The van der Waals surface area contributed by atoms with Gasteiger partial charge in [0.25, 0.3) is 0 Å². The SMILES string of the molecule is CC(C)C[C@H](NC(=O)[C@H](Cc1ccccc1)NC(=O)CNC(=O)[C@@H](C)NC(=O)[C@H](Cc1ccc(O)cc1)NC(=O)OCc1ccccc1)C(=O)N[C@@H](CCCNC(=N)N)C(=O)N[C@@H](CCCNC(=N)N)C(=O)N(C)C. The Hall–Kier alpha value is -8.44. The molecule has 0 heterocycles. The van der Waals surface area contributed by atoms with E-state index in [1.807, 2.05) is 19.9 Å². The lowest BCUT2D eigenvalue weighted by Gasteiger charge is -2.28. The molecule has 0 fully saturated rings. The second-order valence-corrected chi connectivity index (χ2v) is 18.4. The Morgan fingerprint density at radius 1 is 0.560 bits per heavy atom. The minimum Gasteiger partial charge on any atom is -0.508 e. The van der Waals surface area contributed by atoms with E-state index in [1.165, 1.54) is 38.1 Å². The number of likely N-dealkylation sites (N-methyl/N-ethyl adjacent to an activating group) is 1. The van der Waals surface area contributed by atoms with Crippen LogP contribution < -0.4 is 59.3 Å². The Morgan fingerprint density at radius 3 is 1.57 bits per heavy atom. The molecule has 3 aromatic carbocycles. The van der Waals surface area contributed by atoms with Gasteiger partial charge in [0.15, 0.2) is 11.9 Å². The molecule has 0 aliphatic rings. The van der Waals surface area contributed by atoms with Gasteiger partial charge in [0.05, 0.1) is 6.54 Å². The molecule has 0 saturated carbocycles. The summed E-state index contributed by atoms with van der Waals surface area (Å²) < 4.78 is 5.32. The highest BCUT2D eigenvalue weighted by Crippen LogP contribution is 2.13. The van der Waals surface area contributed by atoms with Crippen LogP contribution in [-0.2, 0) is 57.7 Å². The molecule has 75 heavy (non-hydrogen) atoms. The van der Waals surface area contributed by atoms with Gasteiger partial charge in [-0.2, -0.15) is 0 Å². The van der Waals surface area contributed by atoms with E-state index in [9.17, 15) is 43.5 Å². The molecule has 0 aliphatic carbocycles. The van der Waals surface area contributed by atoms with Crippen LogP contribution in [0.4, 0.5) is 4.79 Å².